The van der Waals surface area contributed by atoms with Crippen molar-refractivity contribution in [1.82, 2.24) is 15.5 Å². The third-order valence-corrected chi connectivity index (χ3v) is 5.27. The lowest BCUT2D eigenvalue weighted by atomic mass is 9.92. The van der Waals surface area contributed by atoms with Gasteiger partial charge in [0.15, 0.2) is 0 Å². The zero-order valence-electron chi connectivity index (χ0n) is 15.6. The molecule has 0 aromatic carbocycles. The van der Waals surface area contributed by atoms with Crippen LogP contribution in [0.15, 0.2) is 0 Å². The Bertz CT molecular complexity index is 558. The molecule has 8 heteroatoms. The number of carboxylic acids is 1. The first kappa shape index (κ1) is 23.3. The number of hydrogen-bond donors (Lipinski definition) is 3. The smallest absolute Gasteiger partial charge is 0.306 e. The molecular weight excluding hydrogens is 370 g/mol. The highest BCUT2D eigenvalue weighted by molar-refractivity contribution is 5.85. The molecular formula is C19H30ClN3O4. The van der Waals surface area contributed by atoms with Crippen molar-refractivity contribution in [2.75, 3.05) is 26.2 Å². The standard InChI is InChI=1S/C19H29N3O4.ClH/c1-2-16(12-18(24)25)21-19(26)15-4-3-11-22(13-15)17(23)6-5-14-7-9-20-10-8-14;/h1,14-16,20H,3-13H2,(H,21,26)(H,24,25);1H/t15-,16?;/m1./s1. The lowest BCUT2D eigenvalue weighted by Crippen LogP contribution is -2.47. The molecule has 0 saturated carbocycles. The van der Waals surface area contributed by atoms with E-state index in [0.717, 1.165) is 38.8 Å². The van der Waals surface area contributed by atoms with Gasteiger partial charge in [0.05, 0.1) is 12.3 Å². The van der Waals surface area contributed by atoms with E-state index in [1.54, 1.807) is 4.90 Å². The van der Waals surface area contributed by atoms with Crippen LogP contribution in [-0.2, 0) is 14.4 Å². The Morgan fingerprint density at radius 1 is 1.26 bits per heavy atom. The van der Waals surface area contributed by atoms with Crippen LogP contribution >= 0.6 is 12.4 Å². The van der Waals surface area contributed by atoms with Gasteiger partial charge in [-0.1, -0.05) is 5.92 Å². The zero-order chi connectivity index (χ0) is 18.9. The molecule has 2 amide bonds. The summed E-state index contributed by atoms with van der Waals surface area (Å²) < 4.78 is 0. The third-order valence-electron chi connectivity index (χ3n) is 5.27. The van der Waals surface area contributed by atoms with Gasteiger partial charge in [0.1, 0.15) is 6.04 Å². The van der Waals surface area contributed by atoms with Crippen molar-refractivity contribution in [3.05, 3.63) is 0 Å². The molecule has 2 heterocycles. The monoisotopic (exact) mass is 399 g/mol. The second-order valence-corrected chi connectivity index (χ2v) is 7.24. The molecule has 2 aliphatic heterocycles. The molecule has 2 rings (SSSR count). The van der Waals surface area contributed by atoms with Gasteiger partial charge in [-0.25, -0.2) is 0 Å². The van der Waals surface area contributed by atoms with Crippen LogP contribution < -0.4 is 10.6 Å². The van der Waals surface area contributed by atoms with E-state index < -0.39 is 12.0 Å². The number of rotatable bonds is 7. The first-order valence-corrected chi connectivity index (χ1v) is 9.46. The van der Waals surface area contributed by atoms with Crippen LogP contribution in [0.2, 0.25) is 0 Å². The molecule has 152 valence electrons. The second-order valence-electron chi connectivity index (χ2n) is 7.24. The maximum atomic E-state index is 12.5. The molecule has 0 bridgehead atoms. The van der Waals surface area contributed by atoms with Crippen LogP contribution in [0.1, 0.15) is 44.9 Å². The van der Waals surface area contributed by atoms with Gasteiger partial charge in [0.25, 0.3) is 0 Å². The summed E-state index contributed by atoms with van der Waals surface area (Å²) in [6.07, 6.45) is 10.1. The molecule has 2 saturated heterocycles. The second kappa shape index (κ2) is 11.8. The summed E-state index contributed by atoms with van der Waals surface area (Å²) in [4.78, 5) is 37.4. The summed E-state index contributed by atoms with van der Waals surface area (Å²) in [6.45, 7) is 3.12. The normalized spacial score (nSPS) is 21.4. The number of aliphatic carboxylic acids is 1. The van der Waals surface area contributed by atoms with E-state index in [-0.39, 0.29) is 36.6 Å². The highest BCUT2D eigenvalue weighted by atomic mass is 35.5. The average Bonchev–Trinajstić information content (AvgIpc) is 2.66. The number of nitrogens with one attached hydrogen (secondary N) is 2. The summed E-state index contributed by atoms with van der Waals surface area (Å²) in [5.41, 5.74) is 0. The van der Waals surface area contributed by atoms with Crippen LogP contribution in [0.25, 0.3) is 0 Å². The molecule has 3 N–H and O–H groups in total. The van der Waals surface area contributed by atoms with Crippen LogP contribution in [0.3, 0.4) is 0 Å². The highest BCUT2D eigenvalue weighted by Gasteiger charge is 2.29. The SMILES string of the molecule is C#CC(CC(=O)O)NC(=O)[C@@H]1CCCN(C(=O)CCC2CCNCC2)C1.Cl. The minimum absolute atomic E-state index is 0. The summed E-state index contributed by atoms with van der Waals surface area (Å²) in [7, 11) is 0. The van der Waals surface area contributed by atoms with E-state index in [1.807, 2.05) is 0 Å². The largest absolute Gasteiger partial charge is 0.481 e. The fourth-order valence-electron chi connectivity index (χ4n) is 3.69. The van der Waals surface area contributed by atoms with E-state index >= 15 is 0 Å². The highest BCUT2D eigenvalue weighted by Crippen LogP contribution is 2.21. The topological polar surface area (TPSA) is 98.7 Å². The number of carboxylic acid groups (broad SMARTS) is 1. The van der Waals surface area contributed by atoms with E-state index in [9.17, 15) is 14.4 Å². The Morgan fingerprint density at radius 2 is 1.96 bits per heavy atom. The van der Waals surface area contributed by atoms with Gasteiger partial charge < -0.3 is 20.6 Å². The van der Waals surface area contributed by atoms with Crippen LogP contribution in [0, 0.1) is 24.2 Å². The third kappa shape index (κ3) is 7.77. The number of likely N-dealkylation sites (tertiary alicyclic amines) is 1. The average molecular weight is 400 g/mol. The number of nitrogens with zero attached hydrogens (tertiary/aromatic N) is 1. The van der Waals surface area contributed by atoms with Gasteiger partial charge in [-0.3, -0.25) is 14.4 Å². The Balaban J connectivity index is 0.00000364. The van der Waals surface area contributed by atoms with Crippen LogP contribution in [0.4, 0.5) is 0 Å². The Hall–Kier alpha value is -1.78. The maximum absolute atomic E-state index is 12.5. The number of hydrogen-bond acceptors (Lipinski definition) is 4. The molecule has 7 nitrogen and oxygen atoms in total. The lowest BCUT2D eigenvalue weighted by molar-refractivity contribution is -0.137. The fourth-order valence-corrected chi connectivity index (χ4v) is 3.69. The minimum atomic E-state index is -1.05. The van der Waals surface area contributed by atoms with Gasteiger partial charge in [0.2, 0.25) is 11.8 Å². The predicted molar refractivity (Wildman–Crippen MR) is 104 cm³/mol. The first-order valence-electron chi connectivity index (χ1n) is 9.46. The van der Waals surface area contributed by atoms with Crippen molar-refractivity contribution >= 4 is 30.2 Å². The number of terminal acetylenes is 1. The predicted octanol–water partition coefficient (Wildman–Crippen LogP) is 1.02. The van der Waals surface area contributed by atoms with Crippen molar-refractivity contribution in [2.24, 2.45) is 11.8 Å². The van der Waals surface area contributed by atoms with E-state index in [0.29, 0.717) is 31.8 Å². The Kier molecular flexibility index (Phi) is 10.2. The molecule has 0 aromatic heterocycles. The van der Waals surface area contributed by atoms with Crippen molar-refractivity contribution in [1.29, 1.82) is 0 Å². The van der Waals surface area contributed by atoms with Crippen molar-refractivity contribution in [2.45, 2.75) is 51.0 Å². The maximum Gasteiger partial charge on any atom is 0.306 e. The van der Waals surface area contributed by atoms with Gasteiger partial charge in [-0.2, -0.15) is 0 Å². The van der Waals surface area contributed by atoms with E-state index in [2.05, 4.69) is 16.6 Å². The molecule has 1 unspecified atom stereocenters. The van der Waals surface area contributed by atoms with Gasteiger partial charge >= 0.3 is 5.97 Å². The van der Waals surface area contributed by atoms with Crippen molar-refractivity contribution in [3.8, 4) is 12.3 Å². The van der Waals surface area contributed by atoms with Gasteiger partial charge in [0, 0.05) is 19.5 Å². The van der Waals surface area contributed by atoms with E-state index in [4.69, 9.17) is 11.5 Å². The lowest BCUT2D eigenvalue weighted by Gasteiger charge is -2.33. The minimum Gasteiger partial charge on any atom is -0.481 e. The quantitative estimate of drug-likeness (QED) is 0.555. The molecule has 0 radical (unpaired) electrons. The molecule has 27 heavy (non-hydrogen) atoms. The molecule has 0 aromatic rings. The summed E-state index contributed by atoms with van der Waals surface area (Å²) in [5, 5.41) is 14.8. The van der Waals surface area contributed by atoms with E-state index in [1.165, 1.54) is 0 Å². The molecule has 2 fully saturated rings. The van der Waals surface area contributed by atoms with Gasteiger partial charge in [-0.05, 0) is 51.1 Å². The first-order chi connectivity index (χ1) is 12.5. The molecule has 0 spiro atoms. The van der Waals surface area contributed by atoms with Crippen molar-refractivity contribution < 1.29 is 19.5 Å². The number of carbonyl (C=O) groups is 3. The van der Waals surface area contributed by atoms with Gasteiger partial charge in [-0.15, -0.1) is 18.8 Å². The number of carbonyl (C=O) groups excluding carboxylic acids is 2. The molecule has 0 aliphatic carbocycles. The summed E-state index contributed by atoms with van der Waals surface area (Å²) >= 11 is 0. The zero-order valence-corrected chi connectivity index (χ0v) is 16.4. The Labute approximate surface area is 167 Å². The number of piperidine rings is 2. The summed E-state index contributed by atoms with van der Waals surface area (Å²) in [5.74, 6) is 1.38. The Morgan fingerprint density at radius 3 is 2.59 bits per heavy atom. The van der Waals surface area contributed by atoms with Crippen molar-refractivity contribution in [3.63, 3.8) is 0 Å². The van der Waals surface area contributed by atoms with Crippen LogP contribution in [-0.4, -0.2) is 60.0 Å². The number of amides is 2. The number of halogens is 1. The molecule has 2 atom stereocenters. The fraction of sp³-hybridized carbons (Fsp3) is 0.737. The molecule has 2 aliphatic rings. The van der Waals surface area contributed by atoms with Crippen LogP contribution in [0.5, 0.6) is 0 Å². The summed E-state index contributed by atoms with van der Waals surface area (Å²) in [6, 6.07) is -0.814.